The first-order chi connectivity index (χ1) is 9.10. The first kappa shape index (κ1) is 14.6. The molecule has 0 amide bonds. The fraction of sp³-hybridized carbons (Fsp3) is 0.357. The van der Waals surface area contributed by atoms with Crippen LogP contribution in [0, 0.1) is 6.92 Å². The summed E-state index contributed by atoms with van der Waals surface area (Å²) < 4.78 is 3.04. The fourth-order valence-corrected chi connectivity index (χ4v) is 2.92. The minimum Gasteiger partial charge on any atom is -0.308 e. The van der Waals surface area contributed by atoms with Crippen molar-refractivity contribution in [3.05, 3.63) is 50.7 Å². The van der Waals surface area contributed by atoms with Gasteiger partial charge in [-0.3, -0.25) is 4.68 Å². The average molecular weight is 343 g/mol. The van der Waals surface area contributed by atoms with E-state index in [9.17, 15) is 0 Å². The Labute approximate surface area is 127 Å². The highest BCUT2D eigenvalue weighted by Gasteiger charge is 2.22. The van der Waals surface area contributed by atoms with Crippen LogP contribution in [0.4, 0.5) is 0 Å². The van der Waals surface area contributed by atoms with Gasteiger partial charge in [-0.25, -0.2) is 0 Å². The molecular weight excluding hydrogens is 326 g/mol. The molecule has 1 aromatic heterocycles. The standard InChI is InChI=1S/C14H17BrClN3/c1-4-19-14(12(16)8-18-19)13(17-3)10-6-5-7-11(15)9(10)2/h5-8,13,17H,4H2,1-3H3. The second-order valence-corrected chi connectivity index (χ2v) is 5.63. The molecule has 0 bridgehead atoms. The van der Waals surface area contributed by atoms with E-state index in [1.165, 1.54) is 11.1 Å². The van der Waals surface area contributed by atoms with Crippen molar-refractivity contribution in [3.8, 4) is 0 Å². The van der Waals surface area contributed by atoms with Crippen molar-refractivity contribution in [2.45, 2.75) is 26.4 Å². The Hall–Kier alpha value is -0.840. The van der Waals surface area contributed by atoms with Crippen LogP contribution < -0.4 is 5.32 Å². The lowest BCUT2D eigenvalue weighted by Gasteiger charge is -2.21. The summed E-state index contributed by atoms with van der Waals surface area (Å²) in [5.41, 5.74) is 3.42. The average Bonchev–Trinajstić information content (AvgIpc) is 2.77. The Bertz CT molecular complexity index is 580. The van der Waals surface area contributed by atoms with Gasteiger partial charge in [0.1, 0.15) is 0 Å². The zero-order valence-corrected chi connectivity index (χ0v) is 13.6. The molecule has 19 heavy (non-hydrogen) atoms. The van der Waals surface area contributed by atoms with E-state index in [0.29, 0.717) is 5.02 Å². The molecule has 0 aliphatic rings. The maximum absolute atomic E-state index is 6.30. The van der Waals surface area contributed by atoms with Crippen molar-refractivity contribution in [1.29, 1.82) is 0 Å². The van der Waals surface area contributed by atoms with Crippen LogP contribution >= 0.6 is 27.5 Å². The Morgan fingerprint density at radius 2 is 2.21 bits per heavy atom. The predicted octanol–water partition coefficient (Wildman–Crippen LogP) is 3.94. The third-order valence-electron chi connectivity index (χ3n) is 3.32. The Kier molecular flexibility index (Phi) is 4.66. The molecule has 0 spiro atoms. The number of benzene rings is 1. The molecule has 0 aliphatic heterocycles. The fourth-order valence-electron chi connectivity index (χ4n) is 2.29. The van der Waals surface area contributed by atoms with Crippen LogP contribution in [0.25, 0.3) is 0 Å². The van der Waals surface area contributed by atoms with Gasteiger partial charge in [0.25, 0.3) is 0 Å². The first-order valence-electron chi connectivity index (χ1n) is 6.23. The highest BCUT2D eigenvalue weighted by Crippen LogP contribution is 2.32. The third-order valence-corrected chi connectivity index (χ3v) is 4.47. The number of hydrogen-bond acceptors (Lipinski definition) is 2. The molecule has 0 radical (unpaired) electrons. The Balaban J connectivity index is 2.56. The van der Waals surface area contributed by atoms with Crippen LogP contribution in [0.3, 0.4) is 0 Å². The van der Waals surface area contributed by atoms with E-state index < -0.39 is 0 Å². The third kappa shape index (κ3) is 2.71. The van der Waals surface area contributed by atoms with E-state index in [4.69, 9.17) is 11.6 Å². The molecule has 1 aromatic carbocycles. The lowest BCUT2D eigenvalue weighted by atomic mass is 9.99. The second-order valence-electron chi connectivity index (χ2n) is 4.37. The number of nitrogens with zero attached hydrogens (tertiary/aromatic N) is 2. The van der Waals surface area contributed by atoms with Crippen LogP contribution in [0.5, 0.6) is 0 Å². The molecule has 2 aromatic rings. The number of aryl methyl sites for hydroxylation is 1. The lowest BCUT2D eigenvalue weighted by molar-refractivity contribution is 0.562. The second kappa shape index (κ2) is 6.07. The molecule has 5 heteroatoms. The van der Waals surface area contributed by atoms with E-state index in [1.54, 1.807) is 6.20 Å². The van der Waals surface area contributed by atoms with Crippen LogP contribution in [0.2, 0.25) is 5.02 Å². The number of hydrogen-bond donors (Lipinski definition) is 1. The Morgan fingerprint density at radius 1 is 1.47 bits per heavy atom. The maximum Gasteiger partial charge on any atom is 0.0837 e. The Morgan fingerprint density at radius 3 is 2.84 bits per heavy atom. The highest BCUT2D eigenvalue weighted by molar-refractivity contribution is 9.10. The molecule has 1 atom stereocenters. The van der Waals surface area contributed by atoms with Gasteiger partial charge in [-0.2, -0.15) is 5.10 Å². The van der Waals surface area contributed by atoms with Gasteiger partial charge < -0.3 is 5.32 Å². The zero-order chi connectivity index (χ0) is 14.0. The topological polar surface area (TPSA) is 29.9 Å². The first-order valence-corrected chi connectivity index (χ1v) is 7.40. The van der Waals surface area contributed by atoms with Crippen molar-refractivity contribution in [2.75, 3.05) is 7.05 Å². The van der Waals surface area contributed by atoms with Gasteiger partial charge >= 0.3 is 0 Å². The van der Waals surface area contributed by atoms with Crippen molar-refractivity contribution < 1.29 is 0 Å². The summed E-state index contributed by atoms with van der Waals surface area (Å²) in [6.07, 6.45) is 1.71. The van der Waals surface area contributed by atoms with Gasteiger partial charge in [0.2, 0.25) is 0 Å². The SMILES string of the molecule is CCn1ncc(Cl)c1C(NC)c1cccc(Br)c1C. The molecule has 1 heterocycles. The van der Waals surface area contributed by atoms with Crippen LogP contribution in [0.15, 0.2) is 28.9 Å². The van der Waals surface area contributed by atoms with Crippen LogP contribution in [0.1, 0.15) is 29.8 Å². The van der Waals surface area contributed by atoms with Gasteiger partial charge in [0.15, 0.2) is 0 Å². The van der Waals surface area contributed by atoms with E-state index in [1.807, 2.05) is 23.9 Å². The number of aromatic nitrogens is 2. The van der Waals surface area contributed by atoms with E-state index in [2.05, 4.69) is 46.3 Å². The summed E-state index contributed by atoms with van der Waals surface area (Å²) in [7, 11) is 1.94. The van der Waals surface area contributed by atoms with Gasteiger partial charge in [0, 0.05) is 11.0 Å². The number of rotatable bonds is 4. The minimum atomic E-state index is 0.0347. The highest BCUT2D eigenvalue weighted by atomic mass is 79.9. The molecule has 0 saturated carbocycles. The molecule has 1 N–H and O–H groups in total. The normalized spacial score (nSPS) is 12.7. The summed E-state index contributed by atoms with van der Waals surface area (Å²) in [6.45, 7) is 4.96. The molecule has 1 unspecified atom stereocenters. The summed E-state index contributed by atoms with van der Waals surface area (Å²) in [4.78, 5) is 0. The maximum atomic E-state index is 6.30. The molecule has 102 valence electrons. The molecule has 0 saturated heterocycles. The summed E-state index contributed by atoms with van der Waals surface area (Å²) in [5, 5.41) is 8.35. The predicted molar refractivity (Wildman–Crippen MR) is 82.7 cm³/mol. The molecule has 0 aliphatic carbocycles. The summed E-state index contributed by atoms with van der Waals surface area (Å²) in [5.74, 6) is 0. The van der Waals surface area contributed by atoms with Crippen LogP contribution in [-0.2, 0) is 6.54 Å². The molecule has 3 nitrogen and oxygen atoms in total. The van der Waals surface area contributed by atoms with Crippen molar-refractivity contribution in [3.63, 3.8) is 0 Å². The van der Waals surface area contributed by atoms with E-state index >= 15 is 0 Å². The number of nitrogens with one attached hydrogen (secondary N) is 1. The van der Waals surface area contributed by atoms with Crippen molar-refractivity contribution in [1.82, 2.24) is 15.1 Å². The minimum absolute atomic E-state index is 0.0347. The van der Waals surface area contributed by atoms with Crippen molar-refractivity contribution >= 4 is 27.5 Å². The van der Waals surface area contributed by atoms with Gasteiger partial charge in [-0.1, -0.05) is 39.7 Å². The van der Waals surface area contributed by atoms with Crippen molar-refractivity contribution in [2.24, 2.45) is 0 Å². The monoisotopic (exact) mass is 341 g/mol. The lowest BCUT2D eigenvalue weighted by Crippen LogP contribution is -2.22. The van der Waals surface area contributed by atoms with Gasteiger partial charge in [-0.05, 0) is 38.1 Å². The molecular formula is C14H17BrClN3. The number of halogens is 2. The molecule has 0 fully saturated rings. The molecule has 2 rings (SSSR count). The summed E-state index contributed by atoms with van der Waals surface area (Å²) in [6, 6.07) is 6.24. The van der Waals surface area contributed by atoms with E-state index in [-0.39, 0.29) is 6.04 Å². The van der Waals surface area contributed by atoms with E-state index in [0.717, 1.165) is 16.7 Å². The van der Waals surface area contributed by atoms with Crippen LogP contribution in [-0.4, -0.2) is 16.8 Å². The zero-order valence-electron chi connectivity index (χ0n) is 11.2. The summed E-state index contributed by atoms with van der Waals surface area (Å²) >= 11 is 9.88. The van der Waals surface area contributed by atoms with Gasteiger partial charge in [0.05, 0.1) is 23.0 Å². The van der Waals surface area contributed by atoms with Gasteiger partial charge in [-0.15, -0.1) is 0 Å². The quantitative estimate of drug-likeness (QED) is 0.912. The smallest absolute Gasteiger partial charge is 0.0837 e. The largest absolute Gasteiger partial charge is 0.308 e.